The molecule has 0 aromatic carbocycles. The van der Waals surface area contributed by atoms with Gasteiger partial charge in [0, 0.05) is 44.6 Å². The highest BCUT2D eigenvalue weighted by atomic mass is 16.1. The standard InChI is InChI=1S/C8H16N2O.C5H5N/c1-8(2)10-5-3-9(7-11)4-6-10;1-2-4-6-5-3-1/h7-8H,3-6H2,1-2H3;1-5H. The highest BCUT2D eigenvalue weighted by Crippen LogP contribution is 2.03. The normalized spacial score (nSPS) is 16.3. The number of aromatic nitrogens is 1. The molecule has 0 saturated carbocycles. The maximum absolute atomic E-state index is 10.3. The lowest BCUT2D eigenvalue weighted by atomic mass is 10.2. The van der Waals surface area contributed by atoms with E-state index in [0.29, 0.717) is 6.04 Å². The third-order valence-corrected chi connectivity index (χ3v) is 2.79. The van der Waals surface area contributed by atoms with E-state index in [-0.39, 0.29) is 0 Å². The van der Waals surface area contributed by atoms with Crippen LogP contribution < -0.4 is 0 Å². The summed E-state index contributed by atoms with van der Waals surface area (Å²) < 4.78 is 0. The molecule has 1 aromatic rings. The molecule has 0 unspecified atom stereocenters. The summed E-state index contributed by atoms with van der Waals surface area (Å²) >= 11 is 0. The Kier molecular flexibility index (Phi) is 6.25. The van der Waals surface area contributed by atoms with Gasteiger partial charge in [0.05, 0.1) is 0 Å². The van der Waals surface area contributed by atoms with Crippen LogP contribution >= 0.6 is 0 Å². The Balaban J connectivity index is 0.000000202. The largest absolute Gasteiger partial charge is 0.343 e. The van der Waals surface area contributed by atoms with E-state index in [1.807, 2.05) is 23.1 Å². The highest BCUT2D eigenvalue weighted by Gasteiger charge is 2.16. The second kappa shape index (κ2) is 7.79. The number of hydrogen-bond donors (Lipinski definition) is 0. The summed E-state index contributed by atoms with van der Waals surface area (Å²) in [5.74, 6) is 0. The summed E-state index contributed by atoms with van der Waals surface area (Å²) in [5.41, 5.74) is 0. The van der Waals surface area contributed by atoms with Gasteiger partial charge in [-0.25, -0.2) is 0 Å². The van der Waals surface area contributed by atoms with Crippen LogP contribution in [-0.2, 0) is 4.79 Å². The van der Waals surface area contributed by atoms with E-state index in [0.717, 1.165) is 32.6 Å². The topological polar surface area (TPSA) is 36.4 Å². The van der Waals surface area contributed by atoms with E-state index in [4.69, 9.17) is 0 Å². The first kappa shape index (κ1) is 13.6. The molecule has 1 aromatic heterocycles. The average Bonchev–Trinajstić information content (AvgIpc) is 2.41. The fourth-order valence-electron chi connectivity index (χ4n) is 1.67. The monoisotopic (exact) mass is 235 g/mol. The van der Waals surface area contributed by atoms with E-state index < -0.39 is 0 Å². The molecule has 0 N–H and O–H groups in total. The minimum Gasteiger partial charge on any atom is -0.343 e. The van der Waals surface area contributed by atoms with Crippen LogP contribution in [0.4, 0.5) is 0 Å². The van der Waals surface area contributed by atoms with Crippen LogP contribution in [0.3, 0.4) is 0 Å². The van der Waals surface area contributed by atoms with Crippen LogP contribution in [0, 0.1) is 0 Å². The Labute approximate surface area is 103 Å². The average molecular weight is 235 g/mol. The Morgan fingerprint density at radius 1 is 1.06 bits per heavy atom. The van der Waals surface area contributed by atoms with Crippen molar-refractivity contribution in [2.75, 3.05) is 26.2 Å². The first-order valence-corrected chi connectivity index (χ1v) is 6.02. The Hall–Kier alpha value is -1.42. The molecule has 94 valence electrons. The number of pyridine rings is 1. The van der Waals surface area contributed by atoms with Crippen molar-refractivity contribution in [2.24, 2.45) is 0 Å². The number of hydrogen-bond acceptors (Lipinski definition) is 3. The molecule has 1 saturated heterocycles. The van der Waals surface area contributed by atoms with Gasteiger partial charge in [0.25, 0.3) is 0 Å². The molecule has 1 aliphatic rings. The van der Waals surface area contributed by atoms with Gasteiger partial charge in [-0.1, -0.05) is 6.07 Å². The molecule has 0 spiro atoms. The summed E-state index contributed by atoms with van der Waals surface area (Å²) in [6.07, 6.45) is 4.44. The quantitative estimate of drug-likeness (QED) is 0.724. The third-order valence-electron chi connectivity index (χ3n) is 2.79. The number of piperazine rings is 1. The van der Waals surface area contributed by atoms with Crippen LogP contribution in [0.15, 0.2) is 30.6 Å². The number of amides is 1. The van der Waals surface area contributed by atoms with Gasteiger partial charge in [-0.15, -0.1) is 0 Å². The van der Waals surface area contributed by atoms with Crippen molar-refractivity contribution in [2.45, 2.75) is 19.9 Å². The van der Waals surface area contributed by atoms with E-state index in [1.165, 1.54) is 0 Å². The van der Waals surface area contributed by atoms with Gasteiger partial charge in [-0.05, 0) is 26.0 Å². The summed E-state index contributed by atoms with van der Waals surface area (Å²) in [4.78, 5) is 18.3. The van der Waals surface area contributed by atoms with Crippen LogP contribution in [0.5, 0.6) is 0 Å². The summed E-state index contributed by atoms with van der Waals surface area (Å²) in [6, 6.07) is 6.33. The molecule has 4 heteroatoms. The second-order valence-electron chi connectivity index (χ2n) is 4.30. The zero-order valence-electron chi connectivity index (χ0n) is 10.6. The number of carbonyl (C=O) groups excluding carboxylic acids is 1. The molecule has 0 aliphatic carbocycles. The Morgan fingerprint density at radius 3 is 1.94 bits per heavy atom. The van der Waals surface area contributed by atoms with E-state index in [1.54, 1.807) is 12.4 Å². The van der Waals surface area contributed by atoms with Gasteiger partial charge in [0.15, 0.2) is 0 Å². The molecular weight excluding hydrogens is 214 g/mol. The summed E-state index contributed by atoms with van der Waals surface area (Å²) in [5, 5.41) is 0. The molecule has 0 bridgehead atoms. The predicted octanol–water partition coefficient (Wildman–Crippen LogP) is 1.25. The fourth-order valence-corrected chi connectivity index (χ4v) is 1.67. The van der Waals surface area contributed by atoms with Gasteiger partial charge in [0.1, 0.15) is 0 Å². The van der Waals surface area contributed by atoms with E-state index in [9.17, 15) is 4.79 Å². The molecule has 0 atom stereocenters. The molecule has 17 heavy (non-hydrogen) atoms. The van der Waals surface area contributed by atoms with Crippen molar-refractivity contribution < 1.29 is 4.79 Å². The van der Waals surface area contributed by atoms with Crippen molar-refractivity contribution >= 4 is 6.41 Å². The maximum Gasteiger partial charge on any atom is 0.209 e. The van der Waals surface area contributed by atoms with Gasteiger partial charge >= 0.3 is 0 Å². The van der Waals surface area contributed by atoms with Crippen LogP contribution in [0.25, 0.3) is 0 Å². The fraction of sp³-hybridized carbons (Fsp3) is 0.538. The first-order valence-electron chi connectivity index (χ1n) is 6.02. The van der Waals surface area contributed by atoms with Gasteiger partial charge < -0.3 is 4.90 Å². The first-order chi connectivity index (χ1) is 8.24. The van der Waals surface area contributed by atoms with Crippen LogP contribution in [0.1, 0.15) is 13.8 Å². The molecule has 1 fully saturated rings. The molecule has 4 nitrogen and oxygen atoms in total. The van der Waals surface area contributed by atoms with Crippen molar-refractivity contribution in [3.63, 3.8) is 0 Å². The minimum atomic E-state index is 0.615. The molecular formula is C13H21N3O. The zero-order chi connectivity index (χ0) is 12.5. The number of nitrogens with zero attached hydrogens (tertiary/aromatic N) is 3. The smallest absolute Gasteiger partial charge is 0.209 e. The highest BCUT2D eigenvalue weighted by molar-refractivity contribution is 5.47. The maximum atomic E-state index is 10.3. The van der Waals surface area contributed by atoms with Crippen molar-refractivity contribution in [3.05, 3.63) is 30.6 Å². The molecule has 2 rings (SSSR count). The summed E-state index contributed by atoms with van der Waals surface area (Å²) in [6.45, 7) is 8.21. The lowest BCUT2D eigenvalue weighted by Crippen LogP contribution is -2.48. The molecule has 1 amide bonds. The number of carbonyl (C=O) groups is 1. The van der Waals surface area contributed by atoms with Crippen molar-refractivity contribution in [3.8, 4) is 0 Å². The van der Waals surface area contributed by atoms with Crippen molar-refractivity contribution in [1.29, 1.82) is 0 Å². The van der Waals surface area contributed by atoms with Gasteiger partial charge in [0.2, 0.25) is 6.41 Å². The van der Waals surface area contributed by atoms with Gasteiger partial charge in [-0.3, -0.25) is 14.7 Å². The van der Waals surface area contributed by atoms with E-state index >= 15 is 0 Å². The predicted molar refractivity (Wildman–Crippen MR) is 68.6 cm³/mol. The second-order valence-corrected chi connectivity index (χ2v) is 4.30. The third kappa shape index (κ3) is 5.45. The van der Waals surface area contributed by atoms with Gasteiger partial charge in [-0.2, -0.15) is 0 Å². The number of rotatable bonds is 2. The van der Waals surface area contributed by atoms with Crippen molar-refractivity contribution in [1.82, 2.24) is 14.8 Å². The van der Waals surface area contributed by atoms with Crippen LogP contribution in [-0.4, -0.2) is 53.4 Å². The SMILES string of the molecule is CC(C)N1CCN(C=O)CC1.c1ccncc1. The molecule has 0 radical (unpaired) electrons. The van der Waals surface area contributed by atoms with E-state index in [2.05, 4.69) is 23.7 Å². The lowest BCUT2D eigenvalue weighted by Gasteiger charge is -2.34. The Bertz CT molecular complexity index is 268. The molecule has 1 aliphatic heterocycles. The minimum absolute atomic E-state index is 0.615. The molecule has 2 heterocycles. The summed E-state index contributed by atoms with van der Waals surface area (Å²) in [7, 11) is 0. The lowest BCUT2D eigenvalue weighted by molar-refractivity contribution is -0.119. The Morgan fingerprint density at radius 2 is 1.65 bits per heavy atom. The zero-order valence-corrected chi connectivity index (χ0v) is 10.6. The van der Waals surface area contributed by atoms with Crippen LogP contribution in [0.2, 0.25) is 0 Å².